The molecule has 4 aromatic rings. The van der Waals surface area contributed by atoms with E-state index in [2.05, 4.69) is 10.1 Å². The van der Waals surface area contributed by atoms with Crippen LogP contribution in [-0.2, 0) is 6.61 Å². The molecule has 1 aliphatic carbocycles. The molecule has 1 aliphatic rings. The monoisotopic (exact) mass is 542 g/mol. The average molecular weight is 543 g/mol. The number of hydrogen-bond donors (Lipinski definition) is 1. The third kappa shape index (κ3) is 4.75. The first-order chi connectivity index (χ1) is 17.2. The van der Waals surface area contributed by atoms with Gasteiger partial charge in [0.2, 0.25) is 0 Å². The molecule has 2 aromatic carbocycles. The number of carboxylic acids is 1. The van der Waals surface area contributed by atoms with Crippen molar-refractivity contribution in [1.29, 1.82) is 0 Å². The van der Waals surface area contributed by atoms with Gasteiger partial charge in [-0.3, -0.25) is 0 Å². The lowest BCUT2D eigenvalue weighted by atomic mass is 10.0. The lowest BCUT2D eigenvalue weighted by Gasteiger charge is -2.11. The van der Waals surface area contributed by atoms with Gasteiger partial charge >= 0.3 is 5.97 Å². The van der Waals surface area contributed by atoms with Crippen LogP contribution in [0.15, 0.2) is 40.9 Å². The smallest absolute Gasteiger partial charge is 0.355 e. The predicted octanol–water partition coefficient (Wildman–Crippen LogP) is 8.36. The van der Waals surface area contributed by atoms with Crippen LogP contribution in [0, 0.1) is 6.92 Å². The maximum Gasteiger partial charge on any atom is 0.355 e. The number of benzene rings is 2. The van der Waals surface area contributed by atoms with Gasteiger partial charge < -0.3 is 14.4 Å². The second-order valence-electron chi connectivity index (χ2n) is 9.20. The summed E-state index contributed by atoms with van der Waals surface area (Å²) in [6, 6.07) is 11.1. The Morgan fingerprint density at radius 3 is 2.53 bits per heavy atom. The van der Waals surface area contributed by atoms with Crippen molar-refractivity contribution >= 4 is 40.5 Å². The Labute approximate surface area is 222 Å². The number of thiazole rings is 1. The summed E-state index contributed by atoms with van der Waals surface area (Å²) >= 11 is 14.3. The molecule has 0 amide bonds. The summed E-state index contributed by atoms with van der Waals surface area (Å²) in [5.41, 5.74) is 4.04. The lowest BCUT2D eigenvalue weighted by Crippen LogP contribution is -2.02. The summed E-state index contributed by atoms with van der Waals surface area (Å²) in [7, 11) is 0. The molecule has 36 heavy (non-hydrogen) atoms. The Kier molecular flexibility index (Phi) is 6.81. The van der Waals surface area contributed by atoms with Gasteiger partial charge in [0.05, 0.1) is 15.6 Å². The van der Waals surface area contributed by atoms with Gasteiger partial charge in [0.25, 0.3) is 0 Å². The van der Waals surface area contributed by atoms with Gasteiger partial charge in [0.15, 0.2) is 5.69 Å². The first-order valence-electron chi connectivity index (χ1n) is 11.6. The molecule has 2 aromatic heterocycles. The van der Waals surface area contributed by atoms with Crippen LogP contribution in [0.5, 0.6) is 5.75 Å². The van der Waals surface area contributed by atoms with E-state index in [1.54, 1.807) is 18.2 Å². The fourth-order valence-electron chi connectivity index (χ4n) is 4.16. The SMILES string of the molecule is Cc1cc(OCc2c(-c3c(Cl)cccc3Cl)noc2C2CC2)ccc1-c1nc(C(=O)O)c(C(C)C)s1. The molecule has 0 bridgehead atoms. The molecule has 0 saturated heterocycles. The first kappa shape index (κ1) is 24.8. The number of rotatable bonds is 8. The van der Waals surface area contributed by atoms with Gasteiger partial charge in [0, 0.05) is 21.9 Å². The van der Waals surface area contributed by atoms with Crippen molar-refractivity contribution in [2.75, 3.05) is 0 Å². The number of hydrogen-bond acceptors (Lipinski definition) is 6. The van der Waals surface area contributed by atoms with Crippen LogP contribution in [0.3, 0.4) is 0 Å². The van der Waals surface area contributed by atoms with E-state index in [-0.39, 0.29) is 18.2 Å². The van der Waals surface area contributed by atoms with Gasteiger partial charge in [-0.15, -0.1) is 11.3 Å². The highest BCUT2D eigenvalue weighted by Crippen LogP contribution is 2.46. The van der Waals surface area contributed by atoms with Gasteiger partial charge in [-0.2, -0.15) is 0 Å². The summed E-state index contributed by atoms with van der Waals surface area (Å²) < 4.78 is 11.9. The van der Waals surface area contributed by atoms with Gasteiger partial charge in [0.1, 0.15) is 28.8 Å². The number of aromatic carboxylic acids is 1. The minimum absolute atomic E-state index is 0.0790. The quantitative estimate of drug-likeness (QED) is 0.240. The van der Waals surface area contributed by atoms with E-state index in [4.69, 9.17) is 32.5 Å². The standard InChI is InChI=1S/C27H24Cl2N2O4S/c1-13(2)25-23(27(32)33)30-26(36-25)17-10-9-16(11-14(17)3)34-12-18-22(31-35-24(18)15-7-8-15)21-19(28)5-4-6-20(21)29/h4-6,9-11,13,15H,7-8,12H2,1-3H3,(H,32,33). The van der Waals surface area contributed by atoms with Crippen molar-refractivity contribution < 1.29 is 19.2 Å². The molecule has 1 N–H and O–H groups in total. The average Bonchev–Trinajstić information content (AvgIpc) is 3.42. The van der Waals surface area contributed by atoms with Crippen LogP contribution in [0.2, 0.25) is 10.0 Å². The molecular weight excluding hydrogens is 519 g/mol. The normalized spacial score (nSPS) is 13.4. The van der Waals surface area contributed by atoms with Crippen LogP contribution >= 0.6 is 34.5 Å². The number of aryl methyl sites for hydroxylation is 1. The molecule has 0 radical (unpaired) electrons. The molecule has 0 atom stereocenters. The summed E-state index contributed by atoms with van der Waals surface area (Å²) in [6.07, 6.45) is 2.10. The van der Waals surface area contributed by atoms with E-state index in [0.717, 1.165) is 40.2 Å². The fourth-order valence-corrected chi connectivity index (χ4v) is 5.89. The number of nitrogens with zero attached hydrogens (tertiary/aromatic N) is 2. The van der Waals surface area contributed by atoms with Crippen molar-refractivity contribution in [3.63, 3.8) is 0 Å². The number of aromatic nitrogens is 2. The Balaban J connectivity index is 1.43. The largest absolute Gasteiger partial charge is 0.489 e. The second-order valence-corrected chi connectivity index (χ2v) is 11.0. The Bertz CT molecular complexity index is 1440. The van der Waals surface area contributed by atoms with Gasteiger partial charge in [-0.05, 0) is 61.6 Å². The van der Waals surface area contributed by atoms with Crippen molar-refractivity contribution in [2.45, 2.75) is 52.1 Å². The molecule has 6 nitrogen and oxygen atoms in total. The van der Waals surface area contributed by atoms with Gasteiger partial charge in [-0.1, -0.05) is 48.3 Å². The Hall–Kier alpha value is -2.87. The fraction of sp³-hybridized carbons (Fsp3) is 0.296. The summed E-state index contributed by atoms with van der Waals surface area (Å²) in [6.45, 7) is 6.16. The summed E-state index contributed by atoms with van der Waals surface area (Å²) in [4.78, 5) is 16.8. The Morgan fingerprint density at radius 1 is 1.22 bits per heavy atom. The lowest BCUT2D eigenvalue weighted by molar-refractivity contribution is 0.0690. The molecule has 5 rings (SSSR count). The van der Waals surface area contributed by atoms with E-state index in [1.807, 2.05) is 39.0 Å². The molecule has 0 unspecified atom stereocenters. The highest BCUT2D eigenvalue weighted by Gasteiger charge is 2.33. The number of carbonyl (C=O) groups is 1. The van der Waals surface area contributed by atoms with E-state index in [0.29, 0.717) is 38.0 Å². The zero-order valence-electron chi connectivity index (χ0n) is 20.0. The highest BCUT2D eigenvalue weighted by atomic mass is 35.5. The third-order valence-corrected chi connectivity index (χ3v) is 8.18. The Morgan fingerprint density at radius 2 is 1.94 bits per heavy atom. The molecule has 186 valence electrons. The maximum atomic E-state index is 11.7. The molecule has 1 saturated carbocycles. The first-order valence-corrected chi connectivity index (χ1v) is 13.2. The van der Waals surface area contributed by atoms with Crippen LogP contribution in [-0.4, -0.2) is 21.2 Å². The number of ether oxygens (including phenoxy) is 1. The molecule has 2 heterocycles. The highest BCUT2D eigenvalue weighted by molar-refractivity contribution is 7.15. The minimum Gasteiger partial charge on any atom is -0.489 e. The topological polar surface area (TPSA) is 85.5 Å². The van der Waals surface area contributed by atoms with Gasteiger partial charge in [-0.25, -0.2) is 9.78 Å². The van der Waals surface area contributed by atoms with E-state index < -0.39 is 5.97 Å². The zero-order chi connectivity index (χ0) is 25.6. The van der Waals surface area contributed by atoms with Crippen molar-refractivity contribution in [1.82, 2.24) is 10.1 Å². The molecule has 0 aliphatic heterocycles. The summed E-state index contributed by atoms with van der Waals surface area (Å²) in [5, 5.41) is 15.6. The van der Waals surface area contributed by atoms with Crippen molar-refractivity contribution in [3.8, 4) is 27.6 Å². The molecule has 1 fully saturated rings. The maximum absolute atomic E-state index is 11.7. The van der Waals surface area contributed by atoms with Crippen LogP contribution < -0.4 is 4.74 Å². The van der Waals surface area contributed by atoms with Crippen LogP contribution in [0.1, 0.15) is 70.8 Å². The number of carboxylic acid groups (broad SMARTS) is 1. The second kappa shape index (κ2) is 9.88. The van der Waals surface area contributed by atoms with E-state index in [1.165, 1.54) is 11.3 Å². The van der Waals surface area contributed by atoms with Crippen LogP contribution in [0.25, 0.3) is 21.8 Å². The molecule has 9 heteroatoms. The molecular formula is C27H24Cl2N2O4S. The summed E-state index contributed by atoms with van der Waals surface area (Å²) in [5.74, 6) is 0.900. The van der Waals surface area contributed by atoms with E-state index >= 15 is 0 Å². The van der Waals surface area contributed by atoms with Crippen molar-refractivity contribution in [2.24, 2.45) is 0 Å². The number of halogens is 2. The molecule has 0 spiro atoms. The minimum atomic E-state index is -1.01. The third-order valence-electron chi connectivity index (χ3n) is 6.16. The van der Waals surface area contributed by atoms with Crippen LogP contribution in [0.4, 0.5) is 0 Å². The predicted molar refractivity (Wildman–Crippen MR) is 142 cm³/mol. The van der Waals surface area contributed by atoms with E-state index in [9.17, 15) is 9.90 Å². The zero-order valence-corrected chi connectivity index (χ0v) is 22.3. The van der Waals surface area contributed by atoms with Crippen molar-refractivity contribution in [3.05, 3.63) is 73.9 Å².